The fourth-order valence-electron chi connectivity index (χ4n) is 4.56. The first kappa shape index (κ1) is 22.6. The molecule has 0 fully saturated rings. The zero-order valence-electron chi connectivity index (χ0n) is 18.2. The number of nitrogens with one attached hydrogen (secondary N) is 1. The third-order valence-corrected chi connectivity index (χ3v) is 6.16. The lowest BCUT2D eigenvalue weighted by Crippen LogP contribution is -2.33. The molecule has 9 nitrogen and oxygen atoms in total. The van der Waals surface area contributed by atoms with Crippen LogP contribution in [0.2, 0.25) is 0 Å². The van der Waals surface area contributed by atoms with Crippen molar-refractivity contribution in [3.63, 3.8) is 0 Å². The number of ether oxygens (including phenoxy) is 1. The van der Waals surface area contributed by atoms with Gasteiger partial charge in [-0.05, 0) is 35.6 Å². The maximum atomic E-state index is 13.4. The van der Waals surface area contributed by atoms with Crippen LogP contribution < -0.4 is 10.1 Å². The van der Waals surface area contributed by atoms with E-state index in [2.05, 4.69) is 15.4 Å². The normalized spacial score (nSPS) is 19.6. The summed E-state index contributed by atoms with van der Waals surface area (Å²) in [6.45, 7) is 0. The van der Waals surface area contributed by atoms with Gasteiger partial charge < -0.3 is 10.1 Å². The fraction of sp³-hybridized carbons (Fsp3) is 0.261. The monoisotopic (exact) mass is 485 g/mol. The van der Waals surface area contributed by atoms with Crippen LogP contribution in [0.4, 0.5) is 24.8 Å². The van der Waals surface area contributed by atoms with E-state index in [0.717, 1.165) is 10.2 Å². The number of nitrogens with zero attached hydrogens (tertiary/aromatic N) is 4. The predicted molar refractivity (Wildman–Crippen MR) is 117 cm³/mol. The number of Topliss-reactive ketones (excluding diaryl/α,β-unsaturated/α-hetero) is 1. The molecule has 1 aliphatic heterocycles. The topological polar surface area (TPSA) is 112 Å². The zero-order chi connectivity index (χ0) is 24.9. The summed E-state index contributed by atoms with van der Waals surface area (Å²) >= 11 is 0. The number of nitro groups is 1. The Balaban J connectivity index is 1.62. The van der Waals surface area contributed by atoms with Crippen molar-refractivity contribution in [2.45, 2.75) is 31.0 Å². The number of allylic oxidation sites excluding steroid dienone is 2. The van der Waals surface area contributed by atoms with Crippen LogP contribution in [0.3, 0.4) is 0 Å². The molecule has 0 bridgehead atoms. The van der Waals surface area contributed by atoms with Crippen LogP contribution in [0.1, 0.15) is 41.8 Å². The van der Waals surface area contributed by atoms with Crippen LogP contribution in [0.25, 0.3) is 0 Å². The Hall–Kier alpha value is -4.22. The van der Waals surface area contributed by atoms with E-state index >= 15 is 0 Å². The van der Waals surface area contributed by atoms with Gasteiger partial charge in [0, 0.05) is 29.8 Å². The third kappa shape index (κ3) is 4.00. The van der Waals surface area contributed by atoms with E-state index < -0.39 is 23.0 Å². The number of non-ortho nitro benzene ring substituents is 1. The van der Waals surface area contributed by atoms with Crippen LogP contribution in [-0.2, 0) is 11.0 Å². The molecule has 1 aliphatic carbocycles. The summed E-state index contributed by atoms with van der Waals surface area (Å²) in [5.41, 5.74) is 1.54. The molecule has 0 spiro atoms. The zero-order valence-corrected chi connectivity index (χ0v) is 18.2. The van der Waals surface area contributed by atoms with Gasteiger partial charge in [0.1, 0.15) is 11.8 Å². The molecule has 2 aliphatic rings. The molecule has 0 amide bonds. The van der Waals surface area contributed by atoms with E-state index in [1.165, 1.54) is 24.3 Å². The number of carbonyl (C=O) groups excluding carboxylic acids is 1. The first-order chi connectivity index (χ1) is 16.7. The minimum atomic E-state index is -4.81. The minimum Gasteiger partial charge on any atom is -0.497 e. The van der Waals surface area contributed by atoms with E-state index in [-0.39, 0.29) is 40.9 Å². The Bertz CT molecular complexity index is 1360. The standard InChI is InChI=1S/C23H18F3N5O4/c1-35-16-7-5-12(6-8-16)14-10-17-19(18(32)11-14)20(13-3-2-4-15(9-13)31(33)34)30-22(27-17)28-21(29-30)23(24,25)26/h2-9,14,20H,10-11H2,1H3,(H,27,28,29). The number of ketones is 1. The number of aromatic nitrogens is 3. The van der Waals surface area contributed by atoms with E-state index in [9.17, 15) is 28.1 Å². The summed E-state index contributed by atoms with van der Waals surface area (Å²) in [6, 6.07) is 11.6. The Morgan fingerprint density at radius 2 is 1.89 bits per heavy atom. The second-order valence-electron chi connectivity index (χ2n) is 8.27. The second-order valence-corrected chi connectivity index (χ2v) is 8.27. The van der Waals surface area contributed by atoms with Crippen LogP contribution in [-0.4, -0.2) is 32.6 Å². The predicted octanol–water partition coefficient (Wildman–Crippen LogP) is 4.63. The third-order valence-electron chi connectivity index (χ3n) is 6.16. The molecule has 2 atom stereocenters. The molecule has 2 heterocycles. The maximum Gasteiger partial charge on any atom is 0.453 e. The van der Waals surface area contributed by atoms with Gasteiger partial charge in [-0.2, -0.15) is 18.2 Å². The molecule has 35 heavy (non-hydrogen) atoms. The summed E-state index contributed by atoms with van der Waals surface area (Å²) in [4.78, 5) is 27.7. The van der Waals surface area contributed by atoms with Crippen LogP contribution in [0, 0.1) is 10.1 Å². The Morgan fingerprint density at radius 1 is 1.14 bits per heavy atom. The highest BCUT2D eigenvalue weighted by molar-refractivity contribution is 6.00. The molecule has 12 heteroatoms. The summed E-state index contributed by atoms with van der Waals surface area (Å²) in [6.07, 6.45) is -4.35. The Morgan fingerprint density at radius 3 is 2.54 bits per heavy atom. The molecule has 180 valence electrons. The number of hydrogen-bond donors (Lipinski definition) is 1. The average Bonchev–Trinajstić information content (AvgIpc) is 3.27. The number of alkyl halides is 3. The van der Waals surface area contributed by atoms with E-state index in [1.807, 2.05) is 12.1 Å². The van der Waals surface area contributed by atoms with Gasteiger partial charge in [-0.3, -0.25) is 14.9 Å². The molecule has 5 rings (SSSR count). The lowest BCUT2D eigenvalue weighted by molar-refractivity contribution is -0.384. The molecule has 3 aromatic rings. The minimum absolute atomic E-state index is 0.119. The van der Waals surface area contributed by atoms with Crippen molar-refractivity contribution in [3.8, 4) is 5.75 Å². The van der Waals surface area contributed by atoms with Gasteiger partial charge in [-0.1, -0.05) is 24.3 Å². The van der Waals surface area contributed by atoms with Crippen molar-refractivity contribution in [2.75, 3.05) is 12.4 Å². The van der Waals surface area contributed by atoms with Gasteiger partial charge in [0.05, 0.1) is 12.0 Å². The summed E-state index contributed by atoms with van der Waals surface area (Å²) in [5, 5.41) is 17.8. The maximum absolute atomic E-state index is 13.4. The lowest BCUT2D eigenvalue weighted by Gasteiger charge is -2.35. The quantitative estimate of drug-likeness (QED) is 0.424. The van der Waals surface area contributed by atoms with Gasteiger partial charge in [0.25, 0.3) is 11.5 Å². The average molecular weight is 485 g/mol. The van der Waals surface area contributed by atoms with Gasteiger partial charge in [-0.15, -0.1) is 5.10 Å². The smallest absolute Gasteiger partial charge is 0.453 e. The van der Waals surface area contributed by atoms with Crippen molar-refractivity contribution in [1.29, 1.82) is 0 Å². The van der Waals surface area contributed by atoms with E-state index in [4.69, 9.17) is 4.74 Å². The molecular formula is C23H18F3N5O4. The number of rotatable bonds is 4. The van der Waals surface area contributed by atoms with Gasteiger partial charge in [0.15, 0.2) is 5.78 Å². The molecular weight excluding hydrogens is 467 g/mol. The van der Waals surface area contributed by atoms with Gasteiger partial charge in [0.2, 0.25) is 5.95 Å². The van der Waals surface area contributed by atoms with Gasteiger partial charge in [-0.25, -0.2) is 4.68 Å². The highest BCUT2D eigenvalue weighted by Gasteiger charge is 2.43. The van der Waals surface area contributed by atoms with E-state index in [0.29, 0.717) is 17.9 Å². The van der Waals surface area contributed by atoms with Gasteiger partial charge >= 0.3 is 6.18 Å². The van der Waals surface area contributed by atoms with Crippen molar-refractivity contribution >= 4 is 17.4 Å². The van der Waals surface area contributed by atoms with Crippen molar-refractivity contribution in [1.82, 2.24) is 14.8 Å². The van der Waals surface area contributed by atoms with E-state index in [1.54, 1.807) is 19.2 Å². The highest BCUT2D eigenvalue weighted by atomic mass is 19.4. The number of anilines is 1. The number of carbonyl (C=O) groups is 1. The first-order valence-corrected chi connectivity index (χ1v) is 10.6. The molecule has 1 aromatic heterocycles. The van der Waals surface area contributed by atoms with Crippen LogP contribution in [0.5, 0.6) is 5.75 Å². The fourth-order valence-corrected chi connectivity index (χ4v) is 4.56. The number of nitro benzene ring substituents is 1. The number of hydrogen-bond acceptors (Lipinski definition) is 7. The molecule has 0 radical (unpaired) electrons. The molecule has 1 N–H and O–H groups in total. The summed E-state index contributed by atoms with van der Waals surface area (Å²) in [5.74, 6) is -1.40. The second kappa shape index (κ2) is 8.22. The summed E-state index contributed by atoms with van der Waals surface area (Å²) < 4.78 is 46.4. The van der Waals surface area contributed by atoms with Crippen LogP contribution in [0.15, 0.2) is 59.8 Å². The van der Waals surface area contributed by atoms with Crippen molar-refractivity contribution in [3.05, 3.63) is 86.9 Å². The van der Waals surface area contributed by atoms with Crippen molar-refractivity contribution < 1.29 is 27.6 Å². The Labute approximate surface area is 196 Å². The SMILES string of the molecule is COc1ccc(C2CC(=O)C3=C(C2)Nc2nc(C(F)(F)F)nn2C3c2cccc([N+](=O)[O-])c2)cc1. The number of benzene rings is 2. The number of methoxy groups -OCH3 is 1. The van der Waals surface area contributed by atoms with Crippen LogP contribution >= 0.6 is 0 Å². The highest BCUT2D eigenvalue weighted by Crippen LogP contribution is 2.45. The molecule has 2 unspecified atom stereocenters. The molecule has 0 saturated carbocycles. The molecule has 0 saturated heterocycles. The largest absolute Gasteiger partial charge is 0.497 e. The summed E-state index contributed by atoms with van der Waals surface area (Å²) in [7, 11) is 1.54. The number of halogens is 3. The van der Waals surface area contributed by atoms with Crippen molar-refractivity contribution in [2.24, 2.45) is 0 Å². The lowest BCUT2D eigenvalue weighted by atomic mass is 9.78. The Kier molecular flexibility index (Phi) is 5.30. The number of fused-ring (bicyclic) bond motifs is 1. The molecule has 2 aromatic carbocycles. The first-order valence-electron chi connectivity index (χ1n) is 10.6.